The Kier molecular flexibility index (Phi) is 7.38. The maximum Gasteiger partial charge on any atom is 0.224 e. The second-order valence-corrected chi connectivity index (χ2v) is 7.55. The van der Waals surface area contributed by atoms with Gasteiger partial charge >= 0.3 is 0 Å². The lowest BCUT2D eigenvalue weighted by atomic mass is 10.0. The minimum Gasteiger partial charge on any atom is -0.392 e. The van der Waals surface area contributed by atoms with Crippen molar-refractivity contribution in [1.29, 1.82) is 0 Å². The number of nitrogens with one attached hydrogen (secondary N) is 1. The second-order valence-electron chi connectivity index (χ2n) is 7.55. The summed E-state index contributed by atoms with van der Waals surface area (Å²) in [7, 11) is 1.79. The molecule has 0 spiro atoms. The van der Waals surface area contributed by atoms with E-state index in [9.17, 15) is 14.7 Å². The first-order chi connectivity index (χ1) is 14.0. The molecule has 29 heavy (non-hydrogen) atoms. The van der Waals surface area contributed by atoms with E-state index in [1.165, 1.54) is 0 Å². The Labute approximate surface area is 172 Å². The molecule has 1 fully saturated rings. The summed E-state index contributed by atoms with van der Waals surface area (Å²) >= 11 is 0. The molecular formula is C23H29N3O3. The molecule has 2 amide bonds. The number of para-hydroxylation sites is 1. The van der Waals surface area contributed by atoms with Crippen molar-refractivity contribution in [3.05, 3.63) is 66.2 Å². The van der Waals surface area contributed by atoms with Crippen LogP contribution in [0.5, 0.6) is 0 Å². The summed E-state index contributed by atoms with van der Waals surface area (Å²) in [5.74, 6) is -0.237. The van der Waals surface area contributed by atoms with Crippen molar-refractivity contribution in [3.63, 3.8) is 0 Å². The SMILES string of the molecule is CN(C(=O)CCC(=O)Nc1ccccc1)[C@H](CN1CCC(O)C1)c1ccccc1. The Morgan fingerprint density at radius 3 is 2.38 bits per heavy atom. The van der Waals surface area contributed by atoms with Crippen molar-refractivity contribution in [3.8, 4) is 0 Å². The summed E-state index contributed by atoms with van der Waals surface area (Å²) in [6.07, 6.45) is 0.760. The number of likely N-dealkylation sites (N-methyl/N-ethyl adjacent to an activating group) is 1. The van der Waals surface area contributed by atoms with Gasteiger partial charge in [0, 0.05) is 45.2 Å². The number of anilines is 1. The smallest absolute Gasteiger partial charge is 0.224 e. The summed E-state index contributed by atoms with van der Waals surface area (Å²) in [6.45, 7) is 2.12. The second kappa shape index (κ2) is 10.2. The lowest BCUT2D eigenvalue weighted by Gasteiger charge is -2.32. The van der Waals surface area contributed by atoms with Crippen molar-refractivity contribution in [2.24, 2.45) is 0 Å². The van der Waals surface area contributed by atoms with E-state index in [0.29, 0.717) is 13.1 Å². The van der Waals surface area contributed by atoms with Crippen LogP contribution in [0, 0.1) is 0 Å². The fourth-order valence-corrected chi connectivity index (χ4v) is 3.66. The van der Waals surface area contributed by atoms with E-state index in [-0.39, 0.29) is 36.8 Å². The minimum atomic E-state index is -0.297. The maximum absolute atomic E-state index is 12.8. The molecule has 2 aromatic carbocycles. The third kappa shape index (κ3) is 6.14. The Bertz CT molecular complexity index is 798. The summed E-state index contributed by atoms with van der Waals surface area (Å²) in [5.41, 5.74) is 1.78. The zero-order valence-electron chi connectivity index (χ0n) is 16.8. The molecule has 0 radical (unpaired) electrons. The highest BCUT2D eigenvalue weighted by atomic mass is 16.3. The molecule has 2 atom stereocenters. The molecule has 0 aromatic heterocycles. The highest BCUT2D eigenvalue weighted by Gasteiger charge is 2.28. The molecule has 1 unspecified atom stereocenters. The summed E-state index contributed by atoms with van der Waals surface area (Å²) < 4.78 is 0. The number of benzene rings is 2. The molecule has 3 rings (SSSR count). The Morgan fingerprint density at radius 2 is 1.76 bits per heavy atom. The third-order valence-corrected chi connectivity index (χ3v) is 5.35. The zero-order chi connectivity index (χ0) is 20.6. The maximum atomic E-state index is 12.8. The quantitative estimate of drug-likeness (QED) is 0.721. The fourth-order valence-electron chi connectivity index (χ4n) is 3.66. The molecule has 1 aliphatic heterocycles. The molecule has 0 bridgehead atoms. The lowest BCUT2D eigenvalue weighted by Crippen LogP contribution is -2.39. The van der Waals surface area contributed by atoms with E-state index in [0.717, 1.165) is 24.2 Å². The summed E-state index contributed by atoms with van der Waals surface area (Å²) in [4.78, 5) is 28.9. The van der Waals surface area contributed by atoms with Gasteiger partial charge in [0.05, 0.1) is 12.1 Å². The topological polar surface area (TPSA) is 72.9 Å². The average molecular weight is 396 g/mol. The van der Waals surface area contributed by atoms with Crippen LogP contribution in [0.2, 0.25) is 0 Å². The number of aliphatic hydroxyl groups excluding tert-OH is 1. The van der Waals surface area contributed by atoms with E-state index >= 15 is 0 Å². The van der Waals surface area contributed by atoms with Gasteiger partial charge in [-0.2, -0.15) is 0 Å². The van der Waals surface area contributed by atoms with Crippen molar-refractivity contribution in [2.45, 2.75) is 31.4 Å². The number of carbonyl (C=O) groups is 2. The van der Waals surface area contributed by atoms with Crippen LogP contribution in [0.3, 0.4) is 0 Å². The van der Waals surface area contributed by atoms with Gasteiger partial charge in [-0.15, -0.1) is 0 Å². The number of likely N-dealkylation sites (tertiary alicyclic amines) is 1. The van der Waals surface area contributed by atoms with Crippen LogP contribution < -0.4 is 5.32 Å². The molecule has 6 nitrogen and oxygen atoms in total. The third-order valence-electron chi connectivity index (χ3n) is 5.35. The molecule has 1 saturated heterocycles. The van der Waals surface area contributed by atoms with Gasteiger partial charge < -0.3 is 15.3 Å². The average Bonchev–Trinajstić information content (AvgIpc) is 3.16. The van der Waals surface area contributed by atoms with Gasteiger partial charge in [0.2, 0.25) is 11.8 Å². The predicted molar refractivity (Wildman–Crippen MR) is 113 cm³/mol. The molecule has 1 heterocycles. The number of amides is 2. The van der Waals surface area contributed by atoms with Crippen molar-refractivity contribution < 1.29 is 14.7 Å². The van der Waals surface area contributed by atoms with E-state index in [1.54, 1.807) is 11.9 Å². The highest BCUT2D eigenvalue weighted by molar-refractivity contribution is 5.93. The Balaban J connectivity index is 1.59. The number of aliphatic hydroxyl groups is 1. The van der Waals surface area contributed by atoms with Gasteiger partial charge in [-0.25, -0.2) is 0 Å². The molecule has 0 saturated carbocycles. The van der Waals surface area contributed by atoms with Gasteiger partial charge in [-0.3, -0.25) is 14.5 Å². The van der Waals surface area contributed by atoms with Crippen LogP contribution >= 0.6 is 0 Å². The molecule has 2 N–H and O–H groups in total. The van der Waals surface area contributed by atoms with Gasteiger partial charge in [0.1, 0.15) is 0 Å². The summed E-state index contributed by atoms with van der Waals surface area (Å²) in [6, 6.07) is 19.0. The van der Waals surface area contributed by atoms with Crippen molar-refractivity contribution >= 4 is 17.5 Å². The first-order valence-corrected chi connectivity index (χ1v) is 10.1. The minimum absolute atomic E-state index is 0.0678. The largest absolute Gasteiger partial charge is 0.392 e. The van der Waals surface area contributed by atoms with E-state index in [2.05, 4.69) is 10.2 Å². The number of hydrogen-bond acceptors (Lipinski definition) is 4. The monoisotopic (exact) mass is 395 g/mol. The molecule has 2 aromatic rings. The van der Waals surface area contributed by atoms with Crippen LogP contribution in [0.1, 0.15) is 30.9 Å². The van der Waals surface area contributed by atoms with Crippen molar-refractivity contribution in [2.75, 3.05) is 32.0 Å². The van der Waals surface area contributed by atoms with Crippen LogP contribution in [0.25, 0.3) is 0 Å². The van der Waals surface area contributed by atoms with Gasteiger partial charge in [-0.1, -0.05) is 48.5 Å². The number of nitrogens with zero attached hydrogens (tertiary/aromatic N) is 2. The molecule has 6 heteroatoms. The molecule has 154 valence electrons. The van der Waals surface area contributed by atoms with Gasteiger partial charge in [-0.05, 0) is 24.1 Å². The van der Waals surface area contributed by atoms with Crippen LogP contribution in [-0.2, 0) is 9.59 Å². The number of rotatable bonds is 8. The van der Waals surface area contributed by atoms with E-state index in [1.807, 2.05) is 60.7 Å². The molecule has 1 aliphatic rings. The Hall–Kier alpha value is -2.70. The van der Waals surface area contributed by atoms with Gasteiger partial charge in [0.25, 0.3) is 0 Å². The van der Waals surface area contributed by atoms with Crippen LogP contribution in [0.4, 0.5) is 5.69 Å². The van der Waals surface area contributed by atoms with Crippen LogP contribution in [-0.4, -0.2) is 59.5 Å². The number of hydrogen-bond donors (Lipinski definition) is 2. The van der Waals surface area contributed by atoms with Crippen molar-refractivity contribution in [1.82, 2.24) is 9.80 Å². The number of β-amino-alcohol motifs (C(OH)–C–C–N with tert-alkyl or cyclic N) is 1. The lowest BCUT2D eigenvalue weighted by molar-refractivity contribution is -0.134. The predicted octanol–water partition coefficient (Wildman–Crippen LogP) is 2.67. The highest BCUT2D eigenvalue weighted by Crippen LogP contribution is 2.24. The fraction of sp³-hybridized carbons (Fsp3) is 0.391. The van der Waals surface area contributed by atoms with Gasteiger partial charge in [0.15, 0.2) is 0 Å². The standard InChI is InChI=1S/C23H29N3O3/c1-25(23(29)13-12-22(28)24-19-10-6-3-7-11-19)21(18-8-4-2-5-9-18)17-26-15-14-20(27)16-26/h2-11,20-21,27H,12-17H2,1H3,(H,24,28)/t20?,21-/m1/s1. The summed E-state index contributed by atoms with van der Waals surface area (Å²) in [5, 5.41) is 12.6. The zero-order valence-corrected chi connectivity index (χ0v) is 16.8. The number of carbonyl (C=O) groups excluding carboxylic acids is 2. The normalized spacial score (nSPS) is 17.7. The molecular weight excluding hydrogens is 366 g/mol. The first kappa shape index (κ1) is 21.0. The molecule has 0 aliphatic carbocycles. The van der Waals surface area contributed by atoms with Crippen LogP contribution in [0.15, 0.2) is 60.7 Å². The first-order valence-electron chi connectivity index (χ1n) is 10.1. The van der Waals surface area contributed by atoms with E-state index in [4.69, 9.17) is 0 Å². The Morgan fingerprint density at radius 1 is 1.10 bits per heavy atom. The van der Waals surface area contributed by atoms with E-state index < -0.39 is 0 Å².